The van der Waals surface area contributed by atoms with Crippen molar-refractivity contribution in [3.63, 3.8) is 0 Å². The van der Waals surface area contributed by atoms with Crippen molar-refractivity contribution < 1.29 is 22.4 Å². The maximum Gasteiger partial charge on any atom is 0.265 e. The van der Waals surface area contributed by atoms with E-state index in [-0.39, 0.29) is 28.7 Å². The molecule has 3 aromatic rings. The first-order valence-corrected chi connectivity index (χ1v) is 10.8. The Balaban J connectivity index is 1.88. The van der Waals surface area contributed by atoms with Crippen LogP contribution in [0.2, 0.25) is 0 Å². The number of rotatable bonds is 7. The second-order valence-electron chi connectivity index (χ2n) is 7.01. The van der Waals surface area contributed by atoms with Gasteiger partial charge in [-0.15, -0.1) is 0 Å². The maximum atomic E-state index is 13.0. The molecule has 0 aliphatic carbocycles. The predicted octanol–water partition coefficient (Wildman–Crippen LogP) is 3.98. The number of carbonyl (C=O) groups is 1. The number of hydrogen-bond donors (Lipinski definition) is 1. The van der Waals surface area contributed by atoms with E-state index in [1.165, 1.54) is 30.2 Å². The largest absolute Gasteiger partial charge is 0.495 e. The number of amides is 1. The van der Waals surface area contributed by atoms with E-state index in [0.717, 1.165) is 11.3 Å². The van der Waals surface area contributed by atoms with Crippen LogP contribution in [-0.2, 0) is 16.6 Å². The van der Waals surface area contributed by atoms with Gasteiger partial charge in [-0.1, -0.05) is 17.7 Å². The van der Waals surface area contributed by atoms with Crippen LogP contribution in [0.15, 0.2) is 63.9 Å². The minimum Gasteiger partial charge on any atom is -0.495 e. The molecular weight excluding hydrogens is 404 g/mol. The van der Waals surface area contributed by atoms with Crippen LogP contribution in [0.3, 0.4) is 0 Å². The van der Waals surface area contributed by atoms with Crippen LogP contribution in [0, 0.1) is 13.8 Å². The number of sulfonamides is 1. The highest BCUT2D eigenvalue weighted by Crippen LogP contribution is 2.28. The number of carbonyl (C=O) groups excluding carboxylic acids is 1. The molecule has 0 aliphatic rings. The first kappa shape index (κ1) is 21.4. The normalized spacial score (nSPS) is 11.2. The Kier molecular flexibility index (Phi) is 6.17. The van der Waals surface area contributed by atoms with E-state index in [4.69, 9.17) is 9.15 Å². The number of aryl methyl sites for hydroxylation is 2. The monoisotopic (exact) mass is 428 g/mol. The van der Waals surface area contributed by atoms with Crippen LogP contribution >= 0.6 is 0 Å². The summed E-state index contributed by atoms with van der Waals surface area (Å²) in [7, 11) is -0.960. The quantitative estimate of drug-likeness (QED) is 0.615. The van der Waals surface area contributed by atoms with Gasteiger partial charge in [-0.25, -0.2) is 8.42 Å². The average Bonchev–Trinajstić information content (AvgIpc) is 3.13. The zero-order valence-corrected chi connectivity index (χ0v) is 18.1. The molecular formula is C22H24N2O5S. The molecule has 0 aliphatic heterocycles. The van der Waals surface area contributed by atoms with Crippen LogP contribution in [0.5, 0.6) is 5.75 Å². The van der Waals surface area contributed by atoms with Crippen LogP contribution in [0.4, 0.5) is 5.69 Å². The minimum absolute atomic E-state index is 0.112. The third-order valence-corrected chi connectivity index (χ3v) is 5.94. The van der Waals surface area contributed by atoms with Gasteiger partial charge in [0.05, 0.1) is 13.7 Å². The van der Waals surface area contributed by atoms with Gasteiger partial charge < -0.3 is 14.1 Å². The number of nitrogens with one attached hydrogen (secondary N) is 1. The van der Waals surface area contributed by atoms with E-state index in [2.05, 4.69) is 4.72 Å². The SMILES string of the molecule is COc1ccc(C(=O)N(C)Cc2ccc(C)o2)cc1S(=O)(=O)Nc1ccc(C)cc1. The molecule has 7 nitrogen and oxygen atoms in total. The summed E-state index contributed by atoms with van der Waals surface area (Å²) in [5.74, 6) is 1.21. The number of nitrogens with zero attached hydrogens (tertiary/aromatic N) is 1. The average molecular weight is 429 g/mol. The minimum atomic E-state index is -3.97. The van der Waals surface area contributed by atoms with Gasteiger partial charge in [0.2, 0.25) is 0 Å². The summed E-state index contributed by atoms with van der Waals surface area (Å²) in [6, 6.07) is 14.9. The lowest BCUT2D eigenvalue weighted by Gasteiger charge is -2.17. The van der Waals surface area contributed by atoms with Gasteiger partial charge in [-0.2, -0.15) is 0 Å². The van der Waals surface area contributed by atoms with Crippen molar-refractivity contribution in [2.24, 2.45) is 0 Å². The molecule has 0 unspecified atom stereocenters. The standard InChI is InChI=1S/C22H24N2O5S/c1-15-5-9-18(10-6-15)23-30(26,27)21-13-17(8-12-20(21)28-4)22(25)24(3)14-19-11-7-16(2)29-19/h5-13,23H,14H2,1-4H3. The Hall–Kier alpha value is -3.26. The summed E-state index contributed by atoms with van der Waals surface area (Å²) in [5.41, 5.74) is 1.66. The summed E-state index contributed by atoms with van der Waals surface area (Å²) >= 11 is 0. The molecule has 158 valence electrons. The fourth-order valence-electron chi connectivity index (χ4n) is 2.95. The van der Waals surface area contributed by atoms with Gasteiger partial charge in [-0.05, 0) is 56.3 Å². The number of hydrogen-bond acceptors (Lipinski definition) is 5. The molecule has 8 heteroatoms. The summed E-state index contributed by atoms with van der Waals surface area (Å²) in [6.45, 7) is 4.01. The van der Waals surface area contributed by atoms with Crippen molar-refractivity contribution in [3.8, 4) is 5.75 Å². The lowest BCUT2D eigenvalue weighted by atomic mass is 10.2. The first-order chi connectivity index (χ1) is 14.2. The third-order valence-electron chi connectivity index (χ3n) is 4.54. The van der Waals surface area contributed by atoms with Crippen LogP contribution in [0.1, 0.15) is 27.4 Å². The summed E-state index contributed by atoms with van der Waals surface area (Å²) in [4.78, 5) is 14.2. The molecule has 0 saturated carbocycles. The van der Waals surface area contributed by atoms with Crippen LogP contribution in [0.25, 0.3) is 0 Å². The fraction of sp³-hybridized carbons (Fsp3) is 0.227. The molecule has 1 heterocycles. The van der Waals surface area contributed by atoms with Crippen molar-refractivity contribution in [2.75, 3.05) is 18.9 Å². The summed E-state index contributed by atoms with van der Waals surface area (Å²) in [5, 5.41) is 0. The van der Waals surface area contributed by atoms with E-state index in [1.807, 2.05) is 19.9 Å². The summed E-state index contributed by atoms with van der Waals surface area (Å²) < 4.78 is 39.2. The molecule has 0 bridgehead atoms. The summed E-state index contributed by atoms with van der Waals surface area (Å²) in [6.07, 6.45) is 0. The zero-order chi connectivity index (χ0) is 21.9. The fourth-order valence-corrected chi connectivity index (χ4v) is 4.20. The molecule has 2 aromatic carbocycles. The predicted molar refractivity (Wildman–Crippen MR) is 114 cm³/mol. The van der Waals surface area contributed by atoms with Gasteiger partial charge >= 0.3 is 0 Å². The first-order valence-electron chi connectivity index (χ1n) is 9.28. The maximum absolute atomic E-state index is 13.0. The molecule has 0 atom stereocenters. The highest BCUT2D eigenvalue weighted by Gasteiger charge is 2.23. The lowest BCUT2D eigenvalue weighted by Crippen LogP contribution is -2.26. The molecule has 30 heavy (non-hydrogen) atoms. The van der Waals surface area contributed by atoms with Crippen molar-refractivity contribution in [1.29, 1.82) is 0 Å². The van der Waals surface area contributed by atoms with Crippen molar-refractivity contribution in [1.82, 2.24) is 4.90 Å². The zero-order valence-electron chi connectivity index (χ0n) is 17.3. The van der Waals surface area contributed by atoms with Crippen LogP contribution in [-0.4, -0.2) is 33.4 Å². The van der Waals surface area contributed by atoms with E-state index >= 15 is 0 Å². The Morgan fingerprint density at radius 3 is 2.37 bits per heavy atom. The van der Waals surface area contributed by atoms with E-state index < -0.39 is 10.0 Å². The van der Waals surface area contributed by atoms with Gasteiger partial charge in [-0.3, -0.25) is 9.52 Å². The van der Waals surface area contributed by atoms with Crippen molar-refractivity contribution >= 4 is 21.6 Å². The van der Waals surface area contributed by atoms with E-state index in [0.29, 0.717) is 11.4 Å². The second kappa shape index (κ2) is 8.62. The Labute approximate surface area is 176 Å². The highest BCUT2D eigenvalue weighted by atomic mass is 32.2. The van der Waals surface area contributed by atoms with Crippen molar-refractivity contribution in [3.05, 3.63) is 77.2 Å². The topological polar surface area (TPSA) is 88.8 Å². The third kappa shape index (κ3) is 4.83. The highest BCUT2D eigenvalue weighted by molar-refractivity contribution is 7.92. The number of methoxy groups -OCH3 is 1. The molecule has 3 rings (SSSR count). The molecule has 0 radical (unpaired) electrons. The number of furan rings is 1. The molecule has 1 aromatic heterocycles. The van der Waals surface area contributed by atoms with Crippen LogP contribution < -0.4 is 9.46 Å². The van der Waals surface area contributed by atoms with E-state index in [9.17, 15) is 13.2 Å². The molecule has 1 amide bonds. The molecule has 0 saturated heterocycles. The number of benzene rings is 2. The lowest BCUT2D eigenvalue weighted by molar-refractivity contribution is 0.0774. The van der Waals surface area contributed by atoms with Crippen molar-refractivity contribution in [2.45, 2.75) is 25.3 Å². The smallest absolute Gasteiger partial charge is 0.265 e. The number of ether oxygens (including phenoxy) is 1. The van der Waals surface area contributed by atoms with Gasteiger partial charge in [0.15, 0.2) is 0 Å². The van der Waals surface area contributed by atoms with Gasteiger partial charge in [0.1, 0.15) is 22.2 Å². The molecule has 0 fully saturated rings. The van der Waals surface area contributed by atoms with Gasteiger partial charge in [0, 0.05) is 18.3 Å². The second-order valence-corrected chi connectivity index (χ2v) is 8.66. The number of anilines is 1. The molecule has 0 spiro atoms. The molecule has 1 N–H and O–H groups in total. The Bertz CT molecular complexity index is 1150. The Morgan fingerprint density at radius 2 is 1.77 bits per heavy atom. The Morgan fingerprint density at radius 1 is 1.07 bits per heavy atom. The van der Waals surface area contributed by atoms with Gasteiger partial charge in [0.25, 0.3) is 15.9 Å². The van der Waals surface area contributed by atoms with E-state index in [1.54, 1.807) is 37.4 Å².